The predicted octanol–water partition coefficient (Wildman–Crippen LogP) is 3.50. The molecule has 0 aliphatic rings. The molecule has 82 valence electrons. The minimum absolute atomic E-state index is 0.130. The van der Waals surface area contributed by atoms with E-state index >= 15 is 0 Å². The maximum absolute atomic E-state index is 11.6. The molecule has 0 aliphatic carbocycles. The van der Waals surface area contributed by atoms with Crippen molar-refractivity contribution in [3.63, 3.8) is 0 Å². The number of hydrogen-bond donors (Lipinski definition) is 0. The molecule has 0 saturated carbocycles. The molecule has 0 bridgehead atoms. The van der Waals surface area contributed by atoms with Crippen molar-refractivity contribution in [2.24, 2.45) is 0 Å². The van der Waals surface area contributed by atoms with E-state index in [0.717, 1.165) is 24.0 Å². The number of allylic oxidation sites excluding steroid dienone is 1. The fourth-order valence-electron chi connectivity index (χ4n) is 1.09. The first-order valence-electron chi connectivity index (χ1n) is 5.17. The van der Waals surface area contributed by atoms with Crippen molar-refractivity contribution in [1.29, 1.82) is 0 Å². The van der Waals surface area contributed by atoms with E-state index < -0.39 is 8.32 Å². The molecular weight excluding hydrogens is 192 g/mol. The summed E-state index contributed by atoms with van der Waals surface area (Å²) >= 11 is 0. The normalized spacial score (nSPS) is 13.6. The highest BCUT2D eigenvalue weighted by molar-refractivity contribution is 6.71. The Balaban J connectivity index is 4.46. The molecule has 2 nitrogen and oxygen atoms in total. The van der Waals surface area contributed by atoms with Crippen LogP contribution in [-0.2, 0) is 9.22 Å². The van der Waals surface area contributed by atoms with E-state index in [1.54, 1.807) is 0 Å². The fourth-order valence-corrected chi connectivity index (χ4v) is 1.80. The quantitative estimate of drug-likeness (QED) is 0.529. The Hall–Kier alpha value is -0.573. The van der Waals surface area contributed by atoms with Gasteiger partial charge >= 0.3 is 5.97 Å². The van der Waals surface area contributed by atoms with Crippen LogP contribution in [0, 0.1) is 0 Å². The monoisotopic (exact) mass is 214 g/mol. The Labute approximate surface area is 88.5 Å². The van der Waals surface area contributed by atoms with E-state index in [1.807, 2.05) is 33.5 Å². The average molecular weight is 214 g/mol. The summed E-state index contributed by atoms with van der Waals surface area (Å²) in [7, 11) is -1.74. The molecule has 0 aromatic carbocycles. The topological polar surface area (TPSA) is 26.3 Å². The Morgan fingerprint density at radius 2 is 1.71 bits per heavy atom. The lowest BCUT2D eigenvalue weighted by atomic mass is 10.1. The van der Waals surface area contributed by atoms with E-state index in [-0.39, 0.29) is 5.97 Å². The van der Waals surface area contributed by atoms with E-state index in [9.17, 15) is 4.79 Å². The van der Waals surface area contributed by atoms with Crippen molar-refractivity contribution in [3.8, 4) is 0 Å². The lowest BCUT2D eigenvalue weighted by Crippen LogP contribution is -2.29. The van der Waals surface area contributed by atoms with Crippen LogP contribution in [0.25, 0.3) is 0 Å². The first-order valence-corrected chi connectivity index (χ1v) is 8.58. The molecule has 0 atom stereocenters. The van der Waals surface area contributed by atoms with Gasteiger partial charge in [0.15, 0.2) is 0 Å². The summed E-state index contributed by atoms with van der Waals surface area (Å²) < 4.78 is 5.41. The Kier molecular flexibility index (Phi) is 5.12. The fraction of sp³-hybridized carbons (Fsp3) is 0.727. The van der Waals surface area contributed by atoms with Crippen molar-refractivity contribution in [3.05, 3.63) is 11.1 Å². The van der Waals surface area contributed by atoms with Crippen LogP contribution in [0.4, 0.5) is 0 Å². The Bertz CT molecular complexity index is 236. The van der Waals surface area contributed by atoms with Crippen LogP contribution >= 0.6 is 0 Å². The third-order valence-corrected chi connectivity index (χ3v) is 2.77. The van der Waals surface area contributed by atoms with E-state index in [1.165, 1.54) is 0 Å². The molecule has 0 unspecified atom stereocenters. The highest BCUT2D eigenvalue weighted by atomic mass is 28.4. The van der Waals surface area contributed by atoms with E-state index in [2.05, 4.69) is 6.92 Å². The van der Waals surface area contributed by atoms with Crippen molar-refractivity contribution in [1.82, 2.24) is 0 Å². The summed E-state index contributed by atoms with van der Waals surface area (Å²) in [6, 6.07) is 0. The van der Waals surface area contributed by atoms with Crippen molar-refractivity contribution in [2.75, 3.05) is 0 Å². The maximum atomic E-state index is 11.6. The highest BCUT2D eigenvalue weighted by Gasteiger charge is 2.21. The maximum Gasteiger partial charge on any atom is 0.320 e. The molecule has 3 heteroatoms. The molecule has 0 N–H and O–H groups in total. The number of carbonyl (C=O) groups is 1. The third-order valence-electron chi connectivity index (χ3n) is 1.97. The molecule has 0 heterocycles. The zero-order valence-electron chi connectivity index (χ0n) is 10.2. The summed E-state index contributed by atoms with van der Waals surface area (Å²) in [6.07, 6.45) is 2.05. The van der Waals surface area contributed by atoms with Gasteiger partial charge in [-0.05, 0) is 39.9 Å². The molecule has 0 fully saturated rings. The molecule has 0 amide bonds. The van der Waals surface area contributed by atoms with Gasteiger partial charge in [-0.2, -0.15) is 0 Å². The number of hydrogen-bond acceptors (Lipinski definition) is 2. The molecule has 0 radical (unpaired) electrons. The summed E-state index contributed by atoms with van der Waals surface area (Å²) in [5, 5.41) is 0. The van der Waals surface area contributed by atoms with Gasteiger partial charge in [0, 0.05) is 5.57 Å². The molecule has 0 saturated heterocycles. The largest absolute Gasteiger partial charge is 0.517 e. The van der Waals surface area contributed by atoms with E-state index in [0.29, 0.717) is 0 Å². The van der Waals surface area contributed by atoms with Crippen LogP contribution in [0.15, 0.2) is 11.1 Å². The Morgan fingerprint density at radius 3 is 2.07 bits per heavy atom. The summed E-state index contributed by atoms with van der Waals surface area (Å²) in [5.41, 5.74) is 1.94. The standard InChI is InChI=1S/C11H22O2Si/c1-7-8-9(2)10(3)11(12)13-14(4,5)6/h7-8H2,1-6H3. The zero-order chi connectivity index (χ0) is 11.4. The van der Waals surface area contributed by atoms with Gasteiger partial charge in [0.2, 0.25) is 8.32 Å². The molecule has 14 heavy (non-hydrogen) atoms. The van der Waals surface area contributed by atoms with Crippen molar-refractivity contribution in [2.45, 2.75) is 53.3 Å². The smallest absolute Gasteiger partial charge is 0.320 e. The van der Waals surface area contributed by atoms with E-state index in [4.69, 9.17) is 4.43 Å². The van der Waals surface area contributed by atoms with Gasteiger partial charge in [-0.25, -0.2) is 4.79 Å². The van der Waals surface area contributed by atoms with Gasteiger partial charge in [0.25, 0.3) is 0 Å². The molecule has 0 aliphatic heterocycles. The van der Waals surface area contributed by atoms with Gasteiger partial charge in [-0.3, -0.25) is 0 Å². The number of rotatable bonds is 4. The van der Waals surface area contributed by atoms with Gasteiger partial charge in [0.1, 0.15) is 0 Å². The van der Waals surface area contributed by atoms with Crippen LogP contribution in [0.1, 0.15) is 33.6 Å². The van der Waals surface area contributed by atoms with Gasteiger partial charge < -0.3 is 4.43 Å². The van der Waals surface area contributed by atoms with Crippen LogP contribution in [0.2, 0.25) is 19.6 Å². The third kappa shape index (κ3) is 5.22. The summed E-state index contributed by atoms with van der Waals surface area (Å²) in [5.74, 6) is -0.130. The van der Waals surface area contributed by atoms with Crippen molar-refractivity contribution < 1.29 is 9.22 Å². The molecule has 0 aromatic rings. The van der Waals surface area contributed by atoms with Gasteiger partial charge in [0.05, 0.1) is 0 Å². The molecule has 0 aromatic heterocycles. The average Bonchev–Trinajstić information content (AvgIpc) is 2.00. The lowest BCUT2D eigenvalue weighted by Gasteiger charge is -2.18. The summed E-state index contributed by atoms with van der Waals surface area (Å²) in [6.45, 7) is 12.0. The zero-order valence-corrected chi connectivity index (χ0v) is 11.2. The minimum atomic E-state index is -1.74. The van der Waals surface area contributed by atoms with Crippen LogP contribution in [0.5, 0.6) is 0 Å². The van der Waals surface area contributed by atoms with Crippen LogP contribution < -0.4 is 0 Å². The van der Waals surface area contributed by atoms with Crippen LogP contribution in [-0.4, -0.2) is 14.3 Å². The minimum Gasteiger partial charge on any atom is -0.517 e. The lowest BCUT2D eigenvalue weighted by molar-refractivity contribution is -0.130. The predicted molar refractivity (Wildman–Crippen MR) is 62.7 cm³/mol. The molecule has 0 spiro atoms. The summed E-state index contributed by atoms with van der Waals surface area (Å²) in [4.78, 5) is 11.6. The second-order valence-electron chi connectivity index (χ2n) is 4.66. The molecular formula is C11H22O2Si. The Morgan fingerprint density at radius 1 is 1.21 bits per heavy atom. The SMILES string of the molecule is CCCC(C)=C(C)C(=O)O[Si](C)(C)C. The number of carbonyl (C=O) groups excluding carboxylic acids is 1. The first kappa shape index (κ1) is 13.4. The highest BCUT2D eigenvalue weighted by Crippen LogP contribution is 2.14. The second kappa shape index (κ2) is 5.34. The van der Waals surface area contributed by atoms with Crippen LogP contribution in [0.3, 0.4) is 0 Å². The van der Waals surface area contributed by atoms with Gasteiger partial charge in [-0.1, -0.05) is 18.9 Å². The van der Waals surface area contributed by atoms with Gasteiger partial charge in [-0.15, -0.1) is 0 Å². The van der Waals surface area contributed by atoms with Crippen molar-refractivity contribution >= 4 is 14.3 Å². The molecule has 0 rings (SSSR count). The second-order valence-corrected chi connectivity index (χ2v) is 9.09. The first-order chi connectivity index (χ1) is 6.28.